The summed E-state index contributed by atoms with van der Waals surface area (Å²) in [5, 5.41) is 6.99. The van der Waals surface area contributed by atoms with Crippen molar-refractivity contribution in [2.24, 2.45) is 0 Å². The maximum atomic E-state index is 6.92. The summed E-state index contributed by atoms with van der Waals surface area (Å²) in [6.07, 6.45) is 0. The van der Waals surface area contributed by atoms with Crippen molar-refractivity contribution in [1.29, 1.82) is 0 Å². The predicted molar refractivity (Wildman–Crippen MR) is 194 cm³/mol. The first-order valence-corrected chi connectivity index (χ1v) is 15.7. The van der Waals surface area contributed by atoms with Gasteiger partial charge in [-0.15, -0.1) is 0 Å². The molecule has 9 rings (SSSR count). The molecule has 0 amide bonds. The molecule has 46 heavy (non-hydrogen) atoms. The van der Waals surface area contributed by atoms with Crippen LogP contribution in [0.2, 0.25) is 0 Å². The highest BCUT2D eigenvalue weighted by Gasteiger charge is 2.24. The Balaban J connectivity index is 1.36. The van der Waals surface area contributed by atoms with Gasteiger partial charge in [-0.05, 0) is 80.7 Å². The number of hydrogen-bond donors (Lipinski definition) is 0. The van der Waals surface area contributed by atoms with Crippen LogP contribution in [0.15, 0.2) is 180 Å². The van der Waals surface area contributed by atoms with E-state index in [1.807, 2.05) is 0 Å². The van der Waals surface area contributed by atoms with E-state index in [2.05, 4.69) is 181 Å². The number of fused-ring (bicyclic) bond motifs is 5. The molecule has 0 saturated carbocycles. The number of anilines is 3. The molecule has 0 unspecified atom stereocenters. The van der Waals surface area contributed by atoms with Crippen molar-refractivity contribution in [3.8, 4) is 22.3 Å². The van der Waals surface area contributed by atoms with Crippen LogP contribution in [0.3, 0.4) is 0 Å². The van der Waals surface area contributed by atoms with Crippen LogP contribution in [0.1, 0.15) is 0 Å². The molecule has 0 bridgehead atoms. The summed E-state index contributed by atoms with van der Waals surface area (Å²) in [6, 6.07) is 62.7. The topological polar surface area (TPSA) is 16.4 Å². The van der Waals surface area contributed by atoms with E-state index >= 15 is 0 Å². The maximum Gasteiger partial charge on any atom is 0.160 e. The standard InChI is InChI=1S/C44H29NO/c1-3-11-30(12-4-1)32-19-22-37(23-20-32)45(38-24-21-31-13-7-8-16-34(31)27-38)43-39(33-14-5-2-6-15-33)25-26-40-41-28-35-17-9-10-18-36(35)29-42(41)46-44(40)43/h1-29H. The Morgan fingerprint density at radius 2 is 0.935 bits per heavy atom. The zero-order chi connectivity index (χ0) is 30.5. The summed E-state index contributed by atoms with van der Waals surface area (Å²) < 4.78 is 6.92. The smallest absolute Gasteiger partial charge is 0.160 e. The second-order valence-corrected chi connectivity index (χ2v) is 11.8. The normalized spacial score (nSPS) is 11.5. The van der Waals surface area contributed by atoms with E-state index in [-0.39, 0.29) is 0 Å². The largest absolute Gasteiger partial charge is 0.454 e. The van der Waals surface area contributed by atoms with Gasteiger partial charge in [0.25, 0.3) is 0 Å². The highest BCUT2D eigenvalue weighted by atomic mass is 16.3. The molecule has 0 N–H and O–H groups in total. The quantitative estimate of drug-likeness (QED) is 0.199. The fraction of sp³-hybridized carbons (Fsp3) is 0. The Morgan fingerprint density at radius 1 is 0.370 bits per heavy atom. The monoisotopic (exact) mass is 587 g/mol. The molecule has 9 aromatic rings. The van der Waals surface area contributed by atoms with Gasteiger partial charge in [-0.2, -0.15) is 0 Å². The maximum absolute atomic E-state index is 6.92. The molecule has 0 radical (unpaired) electrons. The van der Waals surface area contributed by atoms with Crippen LogP contribution >= 0.6 is 0 Å². The number of furan rings is 1. The lowest BCUT2D eigenvalue weighted by molar-refractivity contribution is 0.670. The first kappa shape index (κ1) is 26.3. The van der Waals surface area contributed by atoms with Gasteiger partial charge in [0.2, 0.25) is 0 Å². The fourth-order valence-corrected chi connectivity index (χ4v) is 6.74. The van der Waals surface area contributed by atoms with Crippen molar-refractivity contribution >= 4 is 60.5 Å². The lowest BCUT2D eigenvalue weighted by Gasteiger charge is -2.28. The summed E-state index contributed by atoms with van der Waals surface area (Å²) in [4.78, 5) is 2.37. The van der Waals surface area contributed by atoms with E-state index in [0.717, 1.165) is 50.1 Å². The van der Waals surface area contributed by atoms with Gasteiger partial charge in [0, 0.05) is 27.7 Å². The molecular weight excluding hydrogens is 558 g/mol. The molecule has 0 spiro atoms. The third-order valence-electron chi connectivity index (χ3n) is 9.01. The van der Waals surface area contributed by atoms with Crippen molar-refractivity contribution in [1.82, 2.24) is 0 Å². The van der Waals surface area contributed by atoms with E-state index in [1.54, 1.807) is 0 Å². The Morgan fingerprint density at radius 3 is 1.65 bits per heavy atom. The molecule has 0 aliphatic heterocycles. The zero-order valence-corrected chi connectivity index (χ0v) is 25.1. The lowest BCUT2D eigenvalue weighted by Crippen LogP contribution is -2.11. The molecule has 0 saturated heterocycles. The average molecular weight is 588 g/mol. The van der Waals surface area contributed by atoms with Crippen LogP contribution in [-0.2, 0) is 0 Å². The van der Waals surface area contributed by atoms with Gasteiger partial charge < -0.3 is 9.32 Å². The van der Waals surface area contributed by atoms with Crippen LogP contribution in [0.5, 0.6) is 0 Å². The highest BCUT2D eigenvalue weighted by Crippen LogP contribution is 2.48. The van der Waals surface area contributed by atoms with Crippen LogP contribution in [-0.4, -0.2) is 0 Å². The van der Waals surface area contributed by atoms with Crippen molar-refractivity contribution in [2.75, 3.05) is 4.90 Å². The van der Waals surface area contributed by atoms with Crippen molar-refractivity contribution in [3.05, 3.63) is 176 Å². The summed E-state index contributed by atoms with van der Waals surface area (Å²) in [7, 11) is 0. The number of nitrogens with zero attached hydrogens (tertiary/aromatic N) is 1. The lowest BCUT2D eigenvalue weighted by atomic mass is 9.98. The molecule has 0 aliphatic rings. The molecule has 2 nitrogen and oxygen atoms in total. The minimum Gasteiger partial charge on any atom is -0.454 e. The van der Waals surface area contributed by atoms with Gasteiger partial charge in [0.1, 0.15) is 5.58 Å². The number of hydrogen-bond acceptors (Lipinski definition) is 2. The van der Waals surface area contributed by atoms with E-state index < -0.39 is 0 Å². The van der Waals surface area contributed by atoms with Gasteiger partial charge >= 0.3 is 0 Å². The van der Waals surface area contributed by atoms with Crippen molar-refractivity contribution < 1.29 is 4.42 Å². The number of rotatable bonds is 5. The van der Waals surface area contributed by atoms with Crippen LogP contribution in [0.25, 0.3) is 65.7 Å². The Kier molecular flexibility index (Phi) is 6.17. The molecule has 0 fully saturated rings. The summed E-state index contributed by atoms with van der Waals surface area (Å²) in [5.74, 6) is 0. The van der Waals surface area contributed by atoms with E-state index in [9.17, 15) is 0 Å². The predicted octanol–water partition coefficient (Wildman–Crippen LogP) is 12.7. The van der Waals surface area contributed by atoms with Crippen molar-refractivity contribution in [2.45, 2.75) is 0 Å². The van der Waals surface area contributed by atoms with E-state index in [0.29, 0.717) is 0 Å². The van der Waals surface area contributed by atoms with Gasteiger partial charge in [-0.1, -0.05) is 133 Å². The highest BCUT2D eigenvalue weighted by molar-refractivity contribution is 6.16. The first-order chi connectivity index (χ1) is 22.8. The first-order valence-electron chi connectivity index (χ1n) is 15.7. The average Bonchev–Trinajstić information content (AvgIpc) is 3.49. The van der Waals surface area contributed by atoms with Gasteiger partial charge in [0.15, 0.2) is 5.58 Å². The molecule has 1 heterocycles. The van der Waals surface area contributed by atoms with Crippen LogP contribution < -0.4 is 4.90 Å². The molecule has 0 atom stereocenters. The summed E-state index contributed by atoms with van der Waals surface area (Å²) in [6.45, 7) is 0. The molecule has 8 aromatic carbocycles. The molecule has 216 valence electrons. The minimum atomic E-state index is 0.868. The van der Waals surface area contributed by atoms with E-state index in [1.165, 1.54) is 32.7 Å². The molecule has 2 heteroatoms. The second-order valence-electron chi connectivity index (χ2n) is 11.8. The van der Waals surface area contributed by atoms with Gasteiger partial charge in [-0.3, -0.25) is 0 Å². The summed E-state index contributed by atoms with van der Waals surface area (Å²) in [5.41, 5.74) is 9.53. The number of benzene rings is 8. The molecular formula is C44H29NO. The SMILES string of the molecule is c1ccc(-c2ccc(N(c3ccc4ccccc4c3)c3c(-c4ccccc4)ccc4c3oc3cc5ccccc5cc34)cc2)cc1. The third kappa shape index (κ3) is 4.43. The second kappa shape index (κ2) is 10.8. The Labute approximate surface area is 267 Å². The molecule has 0 aliphatic carbocycles. The van der Waals surface area contributed by atoms with Crippen LogP contribution in [0, 0.1) is 0 Å². The van der Waals surface area contributed by atoms with E-state index in [4.69, 9.17) is 4.42 Å². The fourth-order valence-electron chi connectivity index (χ4n) is 6.74. The van der Waals surface area contributed by atoms with Gasteiger partial charge in [-0.25, -0.2) is 0 Å². The summed E-state index contributed by atoms with van der Waals surface area (Å²) >= 11 is 0. The van der Waals surface area contributed by atoms with Gasteiger partial charge in [0.05, 0.1) is 5.69 Å². The van der Waals surface area contributed by atoms with Crippen LogP contribution in [0.4, 0.5) is 17.1 Å². The zero-order valence-electron chi connectivity index (χ0n) is 25.1. The van der Waals surface area contributed by atoms with Crippen molar-refractivity contribution in [3.63, 3.8) is 0 Å². The Bertz CT molecular complexity index is 2510. The molecule has 1 aromatic heterocycles. The Hall–Kier alpha value is -6.12. The third-order valence-corrected chi connectivity index (χ3v) is 9.01. The minimum absolute atomic E-state index is 0.868.